The molecule has 0 N–H and O–H groups in total. The fraction of sp³-hybridized carbons (Fsp3) is 0.462. The minimum absolute atomic E-state index is 0.0919. The molecule has 0 spiro atoms. The average Bonchev–Trinajstić information content (AvgIpc) is 2.39. The molecule has 0 heterocycles. The van der Waals surface area contributed by atoms with Crippen LogP contribution >= 0.6 is 15.9 Å². The molecule has 0 aromatic heterocycles. The summed E-state index contributed by atoms with van der Waals surface area (Å²) in [6.07, 6.45) is -2.42. The summed E-state index contributed by atoms with van der Waals surface area (Å²) in [5.41, 5.74) is 0. The minimum atomic E-state index is -2.52. The zero-order chi connectivity index (χ0) is 14.1. The summed E-state index contributed by atoms with van der Waals surface area (Å²) in [6.45, 7) is -0.0743. The summed E-state index contributed by atoms with van der Waals surface area (Å²) in [5, 5.41) is 0.477. The smallest absolute Gasteiger partial charge is 0.255 e. The van der Waals surface area contributed by atoms with E-state index in [1.807, 2.05) is 18.2 Å². The summed E-state index contributed by atoms with van der Waals surface area (Å²) >= 11 is 3.14. The van der Waals surface area contributed by atoms with Crippen LogP contribution in [0, 0.1) is 0 Å². The van der Waals surface area contributed by atoms with E-state index in [0.717, 1.165) is 4.90 Å². The number of ether oxygens (including phenoxy) is 1. The normalized spacial score (nSPS) is 10.5. The summed E-state index contributed by atoms with van der Waals surface area (Å²) < 4.78 is 30.0. The Bertz CT molecular complexity index is 376. The summed E-state index contributed by atoms with van der Waals surface area (Å²) in [5.74, 6) is 0.340. The van der Waals surface area contributed by atoms with E-state index in [2.05, 4.69) is 15.9 Å². The Hall–Kier alpha value is -1.17. The van der Waals surface area contributed by atoms with Crippen LogP contribution in [0.3, 0.4) is 0 Å². The third kappa shape index (κ3) is 6.52. The van der Waals surface area contributed by atoms with E-state index >= 15 is 0 Å². The number of amides is 1. The second kappa shape index (κ2) is 8.85. The largest absolute Gasteiger partial charge is 0.493 e. The lowest BCUT2D eigenvalue weighted by Gasteiger charge is -2.21. The molecule has 0 saturated carbocycles. The van der Waals surface area contributed by atoms with Crippen LogP contribution in [0.4, 0.5) is 8.78 Å². The highest BCUT2D eigenvalue weighted by molar-refractivity contribution is 9.09. The van der Waals surface area contributed by atoms with Crippen molar-refractivity contribution in [1.82, 2.24) is 4.90 Å². The standard InChI is InChI=1S/C13H16BrF2NO2/c14-7-8-17(10-12(15)16)13(18)6-9-19-11-4-2-1-3-5-11/h1-5,12H,6-10H2. The van der Waals surface area contributed by atoms with E-state index in [9.17, 15) is 13.6 Å². The molecule has 19 heavy (non-hydrogen) atoms. The summed E-state index contributed by atoms with van der Waals surface area (Å²) in [6, 6.07) is 9.06. The molecule has 0 aliphatic carbocycles. The number of hydrogen-bond donors (Lipinski definition) is 0. The van der Waals surface area contributed by atoms with E-state index in [4.69, 9.17) is 4.74 Å². The summed E-state index contributed by atoms with van der Waals surface area (Å²) in [4.78, 5) is 12.9. The number of rotatable bonds is 8. The molecule has 3 nitrogen and oxygen atoms in total. The fourth-order valence-electron chi connectivity index (χ4n) is 1.52. The molecule has 0 atom stereocenters. The maximum Gasteiger partial charge on any atom is 0.255 e. The Labute approximate surface area is 119 Å². The maximum absolute atomic E-state index is 12.3. The van der Waals surface area contributed by atoms with Crippen LogP contribution in [0.1, 0.15) is 6.42 Å². The van der Waals surface area contributed by atoms with Gasteiger partial charge in [0, 0.05) is 11.9 Å². The number of nitrogens with zero attached hydrogens (tertiary/aromatic N) is 1. The van der Waals surface area contributed by atoms with Crippen LogP contribution in [0.25, 0.3) is 0 Å². The third-order valence-electron chi connectivity index (χ3n) is 2.39. The molecule has 1 aromatic carbocycles. The first kappa shape index (κ1) is 15.9. The molecule has 0 saturated heterocycles. The topological polar surface area (TPSA) is 29.5 Å². The molecular formula is C13H16BrF2NO2. The van der Waals surface area contributed by atoms with Crippen molar-refractivity contribution < 1.29 is 18.3 Å². The first-order valence-electron chi connectivity index (χ1n) is 5.93. The number of carbonyl (C=O) groups is 1. The number of para-hydroxylation sites is 1. The Morgan fingerprint density at radius 3 is 2.58 bits per heavy atom. The first-order valence-corrected chi connectivity index (χ1v) is 7.05. The molecule has 0 radical (unpaired) electrons. The third-order valence-corrected chi connectivity index (χ3v) is 2.75. The van der Waals surface area contributed by atoms with Gasteiger partial charge in [-0.1, -0.05) is 34.1 Å². The number of carbonyl (C=O) groups excluding carboxylic acids is 1. The maximum atomic E-state index is 12.3. The van der Waals surface area contributed by atoms with Gasteiger partial charge in [-0.25, -0.2) is 8.78 Å². The highest BCUT2D eigenvalue weighted by atomic mass is 79.9. The Morgan fingerprint density at radius 2 is 2.00 bits per heavy atom. The van der Waals surface area contributed by atoms with Gasteiger partial charge in [-0.3, -0.25) is 4.79 Å². The van der Waals surface area contributed by atoms with Gasteiger partial charge in [-0.15, -0.1) is 0 Å². The van der Waals surface area contributed by atoms with Crippen LogP contribution in [0.2, 0.25) is 0 Å². The van der Waals surface area contributed by atoms with E-state index < -0.39 is 13.0 Å². The van der Waals surface area contributed by atoms with Crippen molar-refractivity contribution in [2.24, 2.45) is 0 Å². The van der Waals surface area contributed by atoms with E-state index in [1.54, 1.807) is 12.1 Å². The Balaban J connectivity index is 2.35. The quantitative estimate of drug-likeness (QED) is 0.683. The van der Waals surface area contributed by atoms with Crippen LogP contribution in [0.5, 0.6) is 5.75 Å². The van der Waals surface area contributed by atoms with Crippen molar-refractivity contribution >= 4 is 21.8 Å². The van der Waals surface area contributed by atoms with Crippen molar-refractivity contribution in [3.8, 4) is 5.75 Å². The van der Waals surface area contributed by atoms with Gasteiger partial charge in [0.1, 0.15) is 5.75 Å². The van der Waals surface area contributed by atoms with Crippen LogP contribution < -0.4 is 4.74 Å². The lowest BCUT2D eigenvalue weighted by atomic mass is 10.3. The molecule has 0 fully saturated rings. The van der Waals surface area contributed by atoms with Gasteiger partial charge in [0.2, 0.25) is 5.91 Å². The van der Waals surface area contributed by atoms with Gasteiger partial charge >= 0.3 is 0 Å². The SMILES string of the molecule is O=C(CCOc1ccccc1)N(CCBr)CC(F)F. The molecule has 0 bridgehead atoms. The fourth-order valence-corrected chi connectivity index (χ4v) is 1.95. The van der Waals surface area contributed by atoms with Crippen molar-refractivity contribution in [1.29, 1.82) is 0 Å². The van der Waals surface area contributed by atoms with Crippen molar-refractivity contribution in [3.05, 3.63) is 30.3 Å². The second-order valence-electron chi connectivity index (χ2n) is 3.83. The second-order valence-corrected chi connectivity index (χ2v) is 4.62. The molecule has 106 valence electrons. The van der Waals surface area contributed by atoms with Gasteiger partial charge in [0.05, 0.1) is 19.6 Å². The monoisotopic (exact) mass is 335 g/mol. The van der Waals surface area contributed by atoms with Gasteiger partial charge in [0.15, 0.2) is 0 Å². The molecular weight excluding hydrogens is 320 g/mol. The predicted octanol–water partition coefficient (Wildman–Crippen LogP) is 2.94. The van der Waals surface area contributed by atoms with Crippen LogP contribution in [0.15, 0.2) is 30.3 Å². The van der Waals surface area contributed by atoms with Gasteiger partial charge in [0.25, 0.3) is 6.43 Å². The molecule has 6 heteroatoms. The summed E-state index contributed by atoms with van der Waals surface area (Å²) in [7, 11) is 0. The molecule has 1 aromatic rings. The zero-order valence-electron chi connectivity index (χ0n) is 10.4. The van der Waals surface area contributed by atoms with Gasteiger partial charge in [-0.2, -0.15) is 0 Å². The number of halogens is 3. The van der Waals surface area contributed by atoms with E-state index in [0.29, 0.717) is 11.1 Å². The van der Waals surface area contributed by atoms with Crippen molar-refractivity contribution in [2.45, 2.75) is 12.8 Å². The molecule has 0 aliphatic heterocycles. The molecule has 0 unspecified atom stereocenters. The Morgan fingerprint density at radius 1 is 1.32 bits per heavy atom. The molecule has 1 amide bonds. The van der Waals surface area contributed by atoms with Gasteiger partial charge in [-0.05, 0) is 12.1 Å². The molecule has 0 aliphatic rings. The first-order chi connectivity index (χ1) is 9.13. The highest BCUT2D eigenvalue weighted by Crippen LogP contribution is 2.09. The van der Waals surface area contributed by atoms with E-state index in [1.165, 1.54) is 0 Å². The van der Waals surface area contributed by atoms with Crippen molar-refractivity contribution in [2.75, 3.05) is 25.0 Å². The molecule has 1 rings (SSSR count). The van der Waals surface area contributed by atoms with Crippen molar-refractivity contribution in [3.63, 3.8) is 0 Å². The Kier molecular flexibility index (Phi) is 7.40. The van der Waals surface area contributed by atoms with Crippen LogP contribution in [-0.4, -0.2) is 42.3 Å². The predicted molar refractivity (Wildman–Crippen MR) is 72.9 cm³/mol. The number of hydrogen-bond acceptors (Lipinski definition) is 2. The van der Waals surface area contributed by atoms with E-state index in [-0.39, 0.29) is 25.5 Å². The van der Waals surface area contributed by atoms with Gasteiger partial charge < -0.3 is 9.64 Å². The average molecular weight is 336 g/mol. The number of alkyl halides is 3. The zero-order valence-corrected chi connectivity index (χ0v) is 12.0. The highest BCUT2D eigenvalue weighted by Gasteiger charge is 2.17. The minimum Gasteiger partial charge on any atom is -0.493 e. The lowest BCUT2D eigenvalue weighted by molar-refractivity contribution is -0.133. The van der Waals surface area contributed by atoms with Crippen LogP contribution in [-0.2, 0) is 4.79 Å². The number of benzene rings is 1. The lowest BCUT2D eigenvalue weighted by Crippen LogP contribution is -2.37.